The summed E-state index contributed by atoms with van der Waals surface area (Å²) in [6.07, 6.45) is -3.63. The molecule has 2 aromatic rings. The quantitative estimate of drug-likeness (QED) is 0.704. The highest BCUT2D eigenvalue weighted by molar-refractivity contribution is 5.67. The summed E-state index contributed by atoms with van der Waals surface area (Å²) in [5.74, 6) is -0.594. The molecule has 2 unspecified atom stereocenters. The van der Waals surface area contributed by atoms with Crippen molar-refractivity contribution >= 4 is 6.09 Å². The van der Waals surface area contributed by atoms with Crippen LogP contribution in [-0.2, 0) is 17.8 Å². The van der Waals surface area contributed by atoms with Gasteiger partial charge in [-0.3, -0.25) is 0 Å². The van der Waals surface area contributed by atoms with Crippen molar-refractivity contribution in [2.24, 2.45) is 0 Å². The van der Waals surface area contributed by atoms with Crippen molar-refractivity contribution in [3.63, 3.8) is 0 Å². The lowest BCUT2D eigenvalue weighted by Crippen LogP contribution is -2.36. The minimum absolute atomic E-state index is 0.0358. The molecule has 0 aromatic heterocycles. The third-order valence-corrected chi connectivity index (χ3v) is 3.73. The third kappa shape index (κ3) is 5.55. The molecule has 1 amide bonds. The number of halogens is 1. The van der Waals surface area contributed by atoms with E-state index in [9.17, 15) is 19.4 Å². The molecule has 0 aliphatic rings. The maximum atomic E-state index is 13.4. The first-order valence-corrected chi connectivity index (χ1v) is 7.97. The molecule has 0 saturated carbocycles. The van der Waals surface area contributed by atoms with Crippen LogP contribution in [0.4, 0.5) is 9.18 Å². The monoisotopic (exact) mass is 358 g/mol. The molecule has 0 spiro atoms. The van der Waals surface area contributed by atoms with Gasteiger partial charge in [0.2, 0.25) is 0 Å². The zero-order chi connectivity index (χ0) is 18.9. The van der Waals surface area contributed by atoms with Crippen molar-refractivity contribution in [3.8, 4) is 6.07 Å². The van der Waals surface area contributed by atoms with Gasteiger partial charge in [-0.05, 0) is 28.8 Å². The van der Waals surface area contributed by atoms with Gasteiger partial charge in [0.1, 0.15) is 24.6 Å². The van der Waals surface area contributed by atoms with Gasteiger partial charge in [0, 0.05) is 6.54 Å². The molecule has 0 heterocycles. The van der Waals surface area contributed by atoms with Crippen LogP contribution in [0.3, 0.4) is 0 Å². The molecule has 26 heavy (non-hydrogen) atoms. The predicted molar refractivity (Wildman–Crippen MR) is 91.3 cm³/mol. The molecule has 6 nitrogen and oxygen atoms in total. The number of nitrogens with zero attached hydrogens (tertiary/aromatic N) is 1. The lowest BCUT2D eigenvalue weighted by molar-refractivity contribution is 0.0178. The molecule has 0 bridgehead atoms. The number of carbonyl (C=O) groups excluding carboxylic acids is 1. The summed E-state index contributed by atoms with van der Waals surface area (Å²) in [5.41, 5.74) is 1.33. The van der Waals surface area contributed by atoms with Gasteiger partial charge in [-0.25, -0.2) is 9.18 Å². The van der Waals surface area contributed by atoms with Gasteiger partial charge in [0.15, 0.2) is 0 Å². The van der Waals surface area contributed by atoms with Crippen molar-refractivity contribution in [1.82, 2.24) is 5.32 Å². The number of nitriles is 1. The Morgan fingerprint density at radius 1 is 1.23 bits per heavy atom. The summed E-state index contributed by atoms with van der Waals surface area (Å²) in [6.45, 7) is -0.223. The molecule has 0 aliphatic carbocycles. The smallest absolute Gasteiger partial charge is 0.407 e. The molecule has 2 aromatic carbocycles. The van der Waals surface area contributed by atoms with Crippen molar-refractivity contribution < 1.29 is 24.1 Å². The number of hydrogen-bond donors (Lipinski definition) is 3. The maximum absolute atomic E-state index is 13.4. The van der Waals surface area contributed by atoms with E-state index < -0.39 is 24.1 Å². The number of rotatable bonds is 7. The fourth-order valence-electron chi connectivity index (χ4n) is 2.37. The number of aliphatic hydroxyl groups is 2. The predicted octanol–water partition coefficient (Wildman–Crippen LogP) is 2.21. The Labute approximate surface area is 150 Å². The molecule has 0 saturated heterocycles. The third-order valence-electron chi connectivity index (χ3n) is 3.73. The Morgan fingerprint density at radius 3 is 2.65 bits per heavy atom. The van der Waals surface area contributed by atoms with Crippen LogP contribution in [0, 0.1) is 17.1 Å². The van der Waals surface area contributed by atoms with Crippen molar-refractivity contribution in [3.05, 3.63) is 71.0 Å². The second-order valence-corrected chi connectivity index (χ2v) is 5.63. The van der Waals surface area contributed by atoms with E-state index in [1.807, 2.05) is 24.3 Å². The van der Waals surface area contributed by atoms with E-state index in [4.69, 9.17) is 10.00 Å². The van der Waals surface area contributed by atoms with E-state index in [1.54, 1.807) is 12.1 Å². The molecule has 3 N–H and O–H groups in total. The first-order chi connectivity index (χ1) is 12.5. The zero-order valence-electron chi connectivity index (χ0n) is 13.9. The van der Waals surface area contributed by atoms with Gasteiger partial charge in [-0.2, -0.15) is 5.26 Å². The Morgan fingerprint density at radius 2 is 1.96 bits per heavy atom. The number of aliphatic hydroxyl groups excluding tert-OH is 2. The fraction of sp³-hybridized carbons (Fsp3) is 0.263. The number of amides is 1. The van der Waals surface area contributed by atoms with Crippen LogP contribution in [0.1, 0.15) is 22.8 Å². The zero-order valence-corrected chi connectivity index (χ0v) is 13.9. The number of alkyl carbamates (subject to hydrolysis) is 1. The maximum Gasteiger partial charge on any atom is 0.407 e. The molecule has 2 atom stereocenters. The second kappa shape index (κ2) is 9.51. The Kier molecular flexibility index (Phi) is 7.09. The van der Waals surface area contributed by atoms with Crippen LogP contribution in [0.2, 0.25) is 0 Å². The molecule has 136 valence electrons. The number of nitrogens with one attached hydrogen (secondary N) is 1. The van der Waals surface area contributed by atoms with Crippen LogP contribution in [0.5, 0.6) is 0 Å². The van der Waals surface area contributed by atoms with Crippen LogP contribution in [-0.4, -0.2) is 29.0 Å². The second-order valence-electron chi connectivity index (χ2n) is 5.63. The topological polar surface area (TPSA) is 103 Å². The molecule has 0 aliphatic heterocycles. The standard InChI is InChI=1S/C19H19FN2O4/c20-15-7-6-14(8-9-21)16(10-15)18(24)17(23)11-22-19(25)26-12-13-4-2-1-3-5-13/h1-7,10,17-18,23-24H,8,11-12H2,(H,22,25). The van der Waals surface area contributed by atoms with Gasteiger partial charge < -0.3 is 20.3 Å². The lowest BCUT2D eigenvalue weighted by Gasteiger charge is -2.20. The van der Waals surface area contributed by atoms with Gasteiger partial charge in [0.05, 0.1) is 12.5 Å². The summed E-state index contributed by atoms with van der Waals surface area (Å²) in [5, 5.41) is 31.4. The SMILES string of the molecule is N#CCc1ccc(F)cc1C(O)C(O)CNC(=O)OCc1ccccc1. The van der Waals surface area contributed by atoms with E-state index in [-0.39, 0.29) is 25.1 Å². The normalized spacial score (nSPS) is 12.7. The summed E-state index contributed by atoms with van der Waals surface area (Å²) in [4.78, 5) is 11.7. The molecule has 2 rings (SSSR count). The highest BCUT2D eigenvalue weighted by Crippen LogP contribution is 2.23. The highest BCUT2D eigenvalue weighted by atomic mass is 19.1. The number of carbonyl (C=O) groups is 1. The van der Waals surface area contributed by atoms with E-state index in [1.165, 1.54) is 12.1 Å². The molecule has 0 radical (unpaired) electrons. The van der Waals surface area contributed by atoms with Gasteiger partial charge in [-0.15, -0.1) is 0 Å². The van der Waals surface area contributed by atoms with E-state index >= 15 is 0 Å². The van der Waals surface area contributed by atoms with Crippen LogP contribution < -0.4 is 5.32 Å². The first-order valence-electron chi connectivity index (χ1n) is 7.97. The average molecular weight is 358 g/mol. The Hall–Kier alpha value is -2.95. The highest BCUT2D eigenvalue weighted by Gasteiger charge is 2.22. The van der Waals surface area contributed by atoms with Crippen LogP contribution in [0.15, 0.2) is 48.5 Å². The van der Waals surface area contributed by atoms with Gasteiger partial charge in [0.25, 0.3) is 0 Å². The summed E-state index contributed by atoms with van der Waals surface area (Å²) in [7, 11) is 0. The van der Waals surface area contributed by atoms with Crippen molar-refractivity contribution in [1.29, 1.82) is 5.26 Å². The van der Waals surface area contributed by atoms with E-state index in [0.29, 0.717) is 5.56 Å². The van der Waals surface area contributed by atoms with Crippen molar-refractivity contribution in [2.75, 3.05) is 6.54 Å². The summed E-state index contributed by atoms with van der Waals surface area (Å²) in [6, 6.07) is 14.6. The first kappa shape index (κ1) is 19.4. The number of ether oxygens (including phenoxy) is 1. The van der Waals surface area contributed by atoms with E-state index in [0.717, 1.165) is 11.6 Å². The van der Waals surface area contributed by atoms with Crippen LogP contribution in [0.25, 0.3) is 0 Å². The number of hydrogen-bond acceptors (Lipinski definition) is 5. The minimum Gasteiger partial charge on any atom is -0.445 e. The molecular formula is C19H19FN2O4. The molecule has 7 heteroatoms. The Bertz CT molecular complexity index is 777. The van der Waals surface area contributed by atoms with Crippen LogP contribution >= 0.6 is 0 Å². The van der Waals surface area contributed by atoms with E-state index in [2.05, 4.69) is 5.32 Å². The molecule has 0 fully saturated rings. The summed E-state index contributed by atoms with van der Waals surface area (Å²) >= 11 is 0. The summed E-state index contributed by atoms with van der Waals surface area (Å²) < 4.78 is 18.4. The fourth-order valence-corrected chi connectivity index (χ4v) is 2.37. The number of benzene rings is 2. The average Bonchev–Trinajstić information content (AvgIpc) is 2.66. The Balaban J connectivity index is 1.89. The largest absolute Gasteiger partial charge is 0.445 e. The van der Waals surface area contributed by atoms with Gasteiger partial charge in [-0.1, -0.05) is 36.4 Å². The van der Waals surface area contributed by atoms with Gasteiger partial charge >= 0.3 is 6.09 Å². The van der Waals surface area contributed by atoms with Crippen molar-refractivity contribution in [2.45, 2.75) is 25.2 Å². The minimum atomic E-state index is -1.46. The lowest BCUT2D eigenvalue weighted by atomic mass is 9.96. The molecular weight excluding hydrogens is 339 g/mol.